The second-order valence-corrected chi connectivity index (χ2v) is 7.29. The van der Waals surface area contributed by atoms with Gasteiger partial charge in [-0.1, -0.05) is 12.1 Å². The van der Waals surface area contributed by atoms with Crippen LogP contribution in [0, 0.1) is 0 Å². The van der Waals surface area contributed by atoms with E-state index in [-0.39, 0.29) is 0 Å². The van der Waals surface area contributed by atoms with E-state index in [4.69, 9.17) is 4.43 Å². The normalized spacial score (nSPS) is 16.8. The summed E-state index contributed by atoms with van der Waals surface area (Å²) < 4.78 is 5.88. The predicted octanol–water partition coefficient (Wildman–Crippen LogP) is 2.85. The van der Waals surface area contributed by atoms with Gasteiger partial charge in [-0.05, 0) is 51.2 Å². The molecule has 0 spiro atoms. The number of rotatable bonds is 5. The van der Waals surface area contributed by atoms with Crippen molar-refractivity contribution in [3.05, 3.63) is 24.3 Å². The van der Waals surface area contributed by atoms with Crippen LogP contribution in [0.25, 0.3) is 0 Å². The van der Waals surface area contributed by atoms with Crippen molar-refractivity contribution < 1.29 is 4.43 Å². The molecule has 1 aromatic carbocycles. The molecule has 1 aliphatic heterocycles. The first-order valence-corrected chi connectivity index (χ1v) is 9.54. The average Bonchev–Trinajstić information content (AvgIpc) is 2.84. The van der Waals surface area contributed by atoms with E-state index in [1.807, 2.05) is 30.5 Å². The molecule has 1 heterocycles. The number of hydrogen-bond acceptors (Lipinski definition) is 3. The van der Waals surface area contributed by atoms with Crippen molar-refractivity contribution in [2.75, 3.05) is 19.6 Å². The number of para-hydroxylation sites is 2. The second kappa shape index (κ2) is 6.71. The van der Waals surface area contributed by atoms with Gasteiger partial charge < -0.3 is 4.43 Å². The molecule has 98 valence electrons. The van der Waals surface area contributed by atoms with Crippen molar-refractivity contribution in [2.45, 2.75) is 25.9 Å². The third-order valence-electron chi connectivity index (χ3n) is 3.00. The largest absolute Gasteiger partial charge is 0.546 e. The maximum Gasteiger partial charge on any atom is 0.229 e. The van der Waals surface area contributed by atoms with Gasteiger partial charge in [-0.3, -0.25) is 9.89 Å². The highest BCUT2D eigenvalue weighted by atomic mass is 28.3. The van der Waals surface area contributed by atoms with Gasteiger partial charge in [0.05, 0.1) is 0 Å². The van der Waals surface area contributed by atoms with Crippen LogP contribution in [-0.4, -0.2) is 39.8 Å². The fourth-order valence-electron chi connectivity index (χ4n) is 2.14. The number of hydrogen-bond donors (Lipinski definition) is 0. The summed E-state index contributed by atoms with van der Waals surface area (Å²) in [7, 11) is -1.07. The van der Waals surface area contributed by atoms with Crippen LogP contribution in [0.3, 0.4) is 0 Å². The Balaban J connectivity index is 1.96. The van der Waals surface area contributed by atoms with Crippen LogP contribution in [0.2, 0.25) is 13.1 Å². The number of nitrogens with zero attached hydrogens (tertiary/aromatic N) is 2. The molecular formula is C14H22N2OSi. The van der Waals surface area contributed by atoms with E-state index in [0.717, 1.165) is 18.0 Å². The highest BCUT2D eigenvalue weighted by Gasteiger charge is 2.09. The van der Waals surface area contributed by atoms with E-state index >= 15 is 0 Å². The fourth-order valence-corrected chi connectivity index (χ4v) is 2.84. The first kappa shape index (κ1) is 13.3. The molecule has 0 aromatic heterocycles. The van der Waals surface area contributed by atoms with Crippen molar-refractivity contribution in [3.8, 4) is 5.75 Å². The molecule has 0 radical (unpaired) electrons. The minimum Gasteiger partial charge on any atom is -0.546 e. The molecule has 0 unspecified atom stereocenters. The monoisotopic (exact) mass is 262 g/mol. The van der Waals surface area contributed by atoms with E-state index < -0.39 is 9.04 Å². The van der Waals surface area contributed by atoms with Gasteiger partial charge in [-0.2, -0.15) is 0 Å². The molecule has 0 atom stereocenters. The van der Waals surface area contributed by atoms with Gasteiger partial charge in [0.1, 0.15) is 11.4 Å². The van der Waals surface area contributed by atoms with Crippen LogP contribution in [0.15, 0.2) is 29.3 Å². The van der Waals surface area contributed by atoms with Gasteiger partial charge in [0, 0.05) is 12.8 Å². The summed E-state index contributed by atoms with van der Waals surface area (Å²) in [5.74, 6) is 0.928. The zero-order valence-electron chi connectivity index (χ0n) is 11.3. The molecule has 1 saturated heterocycles. The van der Waals surface area contributed by atoms with Gasteiger partial charge >= 0.3 is 0 Å². The Bertz CT molecular complexity index is 401. The van der Waals surface area contributed by atoms with Gasteiger partial charge in [-0.25, -0.2) is 0 Å². The summed E-state index contributed by atoms with van der Waals surface area (Å²) in [5, 5.41) is 0. The third kappa shape index (κ3) is 3.96. The molecule has 0 amide bonds. The van der Waals surface area contributed by atoms with Crippen LogP contribution in [0.1, 0.15) is 12.8 Å². The van der Waals surface area contributed by atoms with E-state index in [0.29, 0.717) is 0 Å². The minimum atomic E-state index is -1.07. The summed E-state index contributed by atoms with van der Waals surface area (Å²) in [6.45, 7) is 7.72. The van der Waals surface area contributed by atoms with Crippen molar-refractivity contribution in [3.63, 3.8) is 0 Å². The Morgan fingerprint density at radius 3 is 2.72 bits per heavy atom. The Morgan fingerprint density at radius 1 is 1.28 bits per heavy atom. The Labute approximate surface area is 111 Å². The highest BCUT2D eigenvalue weighted by Crippen LogP contribution is 2.26. The van der Waals surface area contributed by atoms with Crippen molar-refractivity contribution in [1.29, 1.82) is 0 Å². The first-order valence-electron chi connectivity index (χ1n) is 6.76. The van der Waals surface area contributed by atoms with Crippen molar-refractivity contribution >= 4 is 20.9 Å². The lowest BCUT2D eigenvalue weighted by atomic mass is 10.3. The highest BCUT2D eigenvalue weighted by molar-refractivity contribution is 6.49. The minimum absolute atomic E-state index is 0.928. The zero-order valence-corrected chi connectivity index (χ0v) is 12.5. The molecule has 0 N–H and O–H groups in total. The molecule has 0 bridgehead atoms. The van der Waals surface area contributed by atoms with Crippen LogP contribution >= 0.6 is 0 Å². The average molecular weight is 262 g/mol. The fraction of sp³-hybridized carbons (Fsp3) is 0.500. The third-order valence-corrected chi connectivity index (χ3v) is 3.72. The van der Waals surface area contributed by atoms with Gasteiger partial charge in [0.15, 0.2) is 0 Å². The van der Waals surface area contributed by atoms with Crippen LogP contribution in [0.4, 0.5) is 5.69 Å². The molecule has 3 nitrogen and oxygen atoms in total. The maximum absolute atomic E-state index is 5.88. The quantitative estimate of drug-likeness (QED) is 0.602. The summed E-state index contributed by atoms with van der Waals surface area (Å²) in [6, 6.07) is 8.05. The van der Waals surface area contributed by atoms with Gasteiger partial charge in [0.25, 0.3) is 0 Å². The lowest BCUT2D eigenvalue weighted by Crippen LogP contribution is -2.21. The summed E-state index contributed by atoms with van der Waals surface area (Å²) in [5.41, 5.74) is 0.956. The molecule has 1 fully saturated rings. The molecule has 0 aliphatic carbocycles. The lowest BCUT2D eigenvalue weighted by molar-refractivity contribution is 0.391. The number of benzene rings is 1. The first-order chi connectivity index (χ1) is 8.75. The molecule has 2 rings (SSSR count). The van der Waals surface area contributed by atoms with Crippen LogP contribution in [-0.2, 0) is 0 Å². The van der Waals surface area contributed by atoms with E-state index in [9.17, 15) is 0 Å². The second-order valence-electron chi connectivity index (χ2n) is 4.95. The van der Waals surface area contributed by atoms with E-state index in [1.54, 1.807) is 0 Å². The summed E-state index contributed by atoms with van der Waals surface area (Å²) in [4.78, 5) is 6.99. The Hall–Kier alpha value is -1.13. The summed E-state index contributed by atoms with van der Waals surface area (Å²) >= 11 is 0. The topological polar surface area (TPSA) is 24.8 Å². The predicted molar refractivity (Wildman–Crippen MR) is 79.8 cm³/mol. The van der Waals surface area contributed by atoms with E-state index in [1.165, 1.54) is 25.9 Å². The van der Waals surface area contributed by atoms with Crippen molar-refractivity contribution in [2.24, 2.45) is 4.99 Å². The van der Waals surface area contributed by atoms with Gasteiger partial charge in [-0.15, -0.1) is 0 Å². The molecule has 1 aliphatic rings. The van der Waals surface area contributed by atoms with Gasteiger partial charge in [0.2, 0.25) is 9.04 Å². The SMILES string of the molecule is C[SiH](C)Oc1ccccc1N=CCN1CCCC1. The molecule has 0 saturated carbocycles. The lowest BCUT2D eigenvalue weighted by Gasteiger charge is -2.12. The Morgan fingerprint density at radius 2 is 2.00 bits per heavy atom. The van der Waals surface area contributed by atoms with Crippen molar-refractivity contribution in [1.82, 2.24) is 4.90 Å². The standard InChI is InChI=1S/C14H22N2OSi/c1-18(2)17-14-8-4-3-7-13(14)15-9-12-16-10-5-6-11-16/h3-4,7-9,18H,5-6,10-12H2,1-2H3. The smallest absolute Gasteiger partial charge is 0.229 e. The maximum atomic E-state index is 5.88. The molecule has 18 heavy (non-hydrogen) atoms. The zero-order chi connectivity index (χ0) is 12.8. The van der Waals surface area contributed by atoms with Crippen LogP contribution in [0.5, 0.6) is 5.75 Å². The Kier molecular flexibility index (Phi) is 4.96. The molecule has 4 heteroatoms. The van der Waals surface area contributed by atoms with E-state index in [2.05, 4.69) is 23.0 Å². The summed E-state index contributed by atoms with van der Waals surface area (Å²) in [6.07, 6.45) is 4.66. The number of aliphatic imine (C=N–C) groups is 1. The number of likely N-dealkylation sites (tertiary alicyclic amines) is 1. The molecular weight excluding hydrogens is 240 g/mol. The molecule has 1 aromatic rings. The van der Waals surface area contributed by atoms with Crippen LogP contribution < -0.4 is 4.43 Å².